The number of anilines is 1. The molecule has 1 heterocycles. The van der Waals surface area contributed by atoms with Gasteiger partial charge in [0, 0.05) is 37.2 Å². The van der Waals surface area contributed by atoms with Crippen LogP contribution >= 0.6 is 0 Å². The van der Waals surface area contributed by atoms with Crippen LogP contribution in [0.4, 0.5) is 23.2 Å². The topological polar surface area (TPSA) is 79.4 Å². The van der Waals surface area contributed by atoms with Gasteiger partial charge in [0.2, 0.25) is 15.9 Å². The zero-order valence-electron chi connectivity index (χ0n) is 20.8. The van der Waals surface area contributed by atoms with Crippen LogP contribution in [0.25, 0.3) is 6.08 Å². The van der Waals surface area contributed by atoms with Crippen molar-refractivity contribution in [2.24, 2.45) is 0 Å². The molecule has 0 radical (unpaired) electrons. The number of pyridine rings is 1. The highest BCUT2D eigenvalue weighted by molar-refractivity contribution is 7.89. The predicted octanol–water partition coefficient (Wildman–Crippen LogP) is 6.28. The molecule has 206 valence electrons. The first-order valence-electron chi connectivity index (χ1n) is 11.9. The van der Waals surface area contributed by atoms with Gasteiger partial charge >= 0.3 is 6.18 Å². The van der Waals surface area contributed by atoms with E-state index in [1.807, 2.05) is 0 Å². The molecule has 11 heteroatoms. The smallest absolute Gasteiger partial charge is 0.323 e. The Morgan fingerprint density at radius 2 is 1.52 bits per heavy atom. The lowest BCUT2D eigenvalue weighted by Gasteiger charge is -2.23. The van der Waals surface area contributed by atoms with Gasteiger partial charge in [0.05, 0.1) is 10.5 Å². The fraction of sp³-hybridized carbons (Fsp3) is 0.103. The molecule has 0 aliphatic rings. The van der Waals surface area contributed by atoms with Crippen molar-refractivity contribution in [1.82, 2.24) is 9.29 Å². The Morgan fingerprint density at radius 3 is 2.17 bits per heavy atom. The molecule has 4 aromatic rings. The van der Waals surface area contributed by atoms with Crippen LogP contribution in [0.3, 0.4) is 0 Å². The van der Waals surface area contributed by atoms with E-state index >= 15 is 0 Å². The van der Waals surface area contributed by atoms with Gasteiger partial charge in [-0.15, -0.1) is 0 Å². The largest absolute Gasteiger partial charge is 0.416 e. The predicted molar refractivity (Wildman–Crippen MR) is 143 cm³/mol. The summed E-state index contributed by atoms with van der Waals surface area (Å²) in [5.74, 6) is -0.945. The quantitative estimate of drug-likeness (QED) is 0.190. The Morgan fingerprint density at radius 1 is 0.875 bits per heavy atom. The van der Waals surface area contributed by atoms with E-state index in [0.717, 1.165) is 22.0 Å². The van der Waals surface area contributed by atoms with Crippen molar-refractivity contribution in [3.05, 3.63) is 131 Å². The average Bonchev–Trinajstić information content (AvgIpc) is 2.93. The second kappa shape index (κ2) is 12.2. The minimum atomic E-state index is -4.59. The first-order valence-corrected chi connectivity index (χ1v) is 13.3. The maximum Gasteiger partial charge on any atom is 0.416 e. The van der Waals surface area contributed by atoms with E-state index in [0.29, 0.717) is 11.3 Å². The second-order valence-corrected chi connectivity index (χ2v) is 10.7. The van der Waals surface area contributed by atoms with E-state index in [4.69, 9.17) is 0 Å². The summed E-state index contributed by atoms with van der Waals surface area (Å²) in [6, 6.07) is 18.4. The van der Waals surface area contributed by atoms with Gasteiger partial charge in [-0.1, -0.05) is 30.3 Å². The number of hydrogen-bond donors (Lipinski definition) is 1. The summed E-state index contributed by atoms with van der Waals surface area (Å²) in [5, 5.41) is 2.63. The van der Waals surface area contributed by atoms with Crippen molar-refractivity contribution in [3.63, 3.8) is 0 Å². The van der Waals surface area contributed by atoms with Gasteiger partial charge in [-0.3, -0.25) is 9.78 Å². The number of alkyl halides is 3. The molecule has 4 rings (SSSR count). The minimum absolute atomic E-state index is 0.130. The monoisotopic (exact) mass is 569 g/mol. The average molecular weight is 570 g/mol. The summed E-state index contributed by atoms with van der Waals surface area (Å²) in [7, 11) is -4.22. The van der Waals surface area contributed by atoms with Crippen molar-refractivity contribution >= 4 is 27.7 Å². The number of sulfonamides is 1. The van der Waals surface area contributed by atoms with E-state index in [1.54, 1.807) is 30.6 Å². The first-order chi connectivity index (χ1) is 19.0. The molecule has 0 aliphatic heterocycles. The third-order valence-electron chi connectivity index (χ3n) is 5.78. The summed E-state index contributed by atoms with van der Waals surface area (Å²) in [5.41, 5.74) is 0.786. The molecule has 0 aliphatic carbocycles. The fourth-order valence-electron chi connectivity index (χ4n) is 3.76. The van der Waals surface area contributed by atoms with E-state index < -0.39 is 33.5 Å². The molecule has 3 aromatic carbocycles. The molecule has 0 saturated carbocycles. The minimum Gasteiger partial charge on any atom is -0.323 e. The van der Waals surface area contributed by atoms with E-state index in [9.17, 15) is 30.8 Å². The highest BCUT2D eigenvalue weighted by Crippen LogP contribution is 2.30. The number of halogens is 4. The molecule has 0 saturated heterocycles. The Balaban J connectivity index is 1.56. The number of aromatic nitrogens is 1. The lowest BCUT2D eigenvalue weighted by molar-refractivity contribution is -0.137. The number of benzene rings is 3. The van der Waals surface area contributed by atoms with Crippen molar-refractivity contribution in [2.45, 2.75) is 24.2 Å². The third-order valence-corrected chi connectivity index (χ3v) is 7.58. The van der Waals surface area contributed by atoms with Crippen LogP contribution in [0.15, 0.2) is 108 Å². The normalized spacial score (nSPS) is 12.1. The van der Waals surface area contributed by atoms with Crippen LogP contribution in [0.2, 0.25) is 0 Å². The van der Waals surface area contributed by atoms with E-state index in [1.165, 1.54) is 66.7 Å². The van der Waals surface area contributed by atoms with Crippen LogP contribution < -0.4 is 5.32 Å². The van der Waals surface area contributed by atoms with Crippen molar-refractivity contribution in [3.8, 4) is 0 Å². The highest BCUT2D eigenvalue weighted by atomic mass is 32.2. The Kier molecular flexibility index (Phi) is 8.76. The molecule has 0 spiro atoms. The van der Waals surface area contributed by atoms with Crippen LogP contribution in [-0.4, -0.2) is 23.6 Å². The summed E-state index contributed by atoms with van der Waals surface area (Å²) in [4.78, 5) is 16.0. The van der Waals surface area contributed by atoms with Crippen molar-refractivity contribution in [2.75, 3.05) is 5.32 Å². The van der Waals surface area contributed by atoms with Gasteiger partial charge in [0.15, 0.2) is 0 Å². The third kappa shape index (κ3) is 7.61. The summed E-state index contributed by atoms with van der Waals surface area (Å²) in [6.45, 7) is -0.570. The molecule has 0 unspecified atom stereocenters. The molecule has 1 amide bonds. The number of carbonyl (C=O) groups excluding carboxylic acids is 1. The second-order valence-electron chi connectivity index (χ2n) is 8.73. The Labute approximate surface area is 228 Å². The Bertz CT molecular complexity index is 1590. The zero-order chi connectivity index (χ0) is 28.8. The van der Waals surface area contributed by atoms with Gasteiger partial charge in [-0.2, -0.15) is 17.5 Å². The summed E-state index contributed by atoms with van der Waals surface area (Å²) < 4.78 is 81.4. The first kappa shape index (κ1) is 28.7. The van der Waals surface area contributed by atoms with Crippen LogP contribution in [-0.2, 0) is 34.1 Å². The molecule has 0 atom stereocenters. The van der Waals surface area contributed by atoms with Gasteiger partial charge in [-0.25, -0.2) is 12.8 Å². The number of amides is 1. The zero-order valence-corrected chi connectivity index (χ0v) is 21.7. The summed E-state index contributed by atoms with van der Waals surface area (Å²) >= 11 is 0. The van der Waals surface area contributed by atoms with Crippen molar-refractivity contribution < 1.29 is 30.8 Å². The summed E-state index contributed by atoms with van der Waals surface area (Å²) in [6.07, 6.45) is 1.49. The van der Waals surface area contributed by atoms with Crippen LogP contribution in [0.1, 0.15) is 22.3 Å². The fourth-order valence-corrected chi connectivity index (χ4v) is 5.17. The van der Waals surface area contributed by atoms with E-state index in [-0.39, 0.29) is 23.5 Å². The van der Waals surface area contributed by atoms with E-state index in [2.05, 4.69) is 10.3 Å². The molecule has 1 aromatic heterocycles. The van der Waals surface area contributed by atoms with Gasteiger partial charge in [0.25, 0.3) is 0 Å². The molecular formula is C29H23F4N3O3S. The Hall–Kier alpha value is -4.35. The number of nitrogens with zero attached hydrogens (tertiary/aromatic N) is 2. The van der Waals surface area contributed by atoms with Crippen LogP contribution in [0.5, 0.6) is 0 Å². The lowest BCUT2D eigenvalue weighted by Crippen LogP contribution is -2.30. The standard InChI is InChI=1S/C29H23F4N3O3S/c30-25-7-4-22(5-8-25)19-36(20-23-2-1-3-24(18-23)29(31,32)33)40(38,39)27-11-9-26(10-12-27)35-28(37)13-6-21-14-16-34-17-15-21/h1-18H,19-20H2,(H,35,37)/b13-6+. The SMILES string of the molecule is O=C(/C=C/c1ccncc1)Nc1ccc(S(=O)(=O)N(Cc2ccc(F)cc2)Cc2cccc(C(F)(F)F)c2)cc1. The number of hydrogen-bond acceptors (Lipinski definition) is 4. The molecule has 0 bridgehead atoms. The molecular weight excluding hydrogens is 546 g/mol. The van der Waals surface area contributed by atoms with Gasteiger partial charge in [-0.05, 0) is 77.4 Å². The number of nitrogens with one attached hydrogen (secondary N) is 1. The highest BCUT2D eigenvalue weighted by Gasteiger charge is 2.31. The van der Waals surface area contributed by atoms with Gasteiger partial charge in [0.1, 0.15) is 5.82 Å². The molecule has 1 N–H and O–H groups in total. The molecule has 6 nitrogen and oxygen atoms in total. The number of rotatable bonds is 9. The molecule has 40 heavy (non-hydrogen) atoms. The molecule has 0 fully saturated rings. The lowest BCUT2D eigenvalue weighted by atomic mass is 10.1. The maximum absolute atomic E-state index is 13.6. The number of carbonyl (C=O) groups is 1. The van der Waals surface area contributed by atoms with Crippen LogP contribution in [0, 0.1) is 5.82 Å². The maximum atomic E-state index is 13.6. The van der Waals surface area contributed by atoms with Crippen molar-refractivity contribution in [1.29, 1.82) is 0 Å². The van der Waals surface area contributed by atoms with Gasteiger partial charge < -0.3 is 5.32 Å².